The van der Waals surface area contributed by atoms with E-state index < -0.39 is 5.92 Å². The molecule has 0 bridgehead atoms. The SMILES string of the molecule is C=C(C)COc1cc(C2CC(=O)Oc3ccc4c(c32)O/C(=C\c2ccc(OC)c(OC)c2)C4=O)ccc1OC. The van der Waals surface area contributed by atoms with Crippen molar-refractivity contribution in [3.8, 4) is 34.5 Å². The van der Waals surface area contributed by atoms with Crippen LogP contribution >= 0.6 is 0 Å². The standard InChI is InChI=1S/C31H28O8/c1-17(2)16-37-26-14-19(7-10-23(26)35-4)21-15-28(32)38-24-11-8-20-30(33)27(39-31(20)29(21)24)13-18-6-9-22(34-3)25(12-18)36-5/h6-14,21H,1,15-16H2,2-5H3/b27-13-. The van der Waals surface area contributed by atoms with E-state index in [2.05, 4.69) is 6.58 Å². The lowest BCUT2D eigenvalue weighted by molar-refractivity contribution is -0.135. The van der Waals surface area contributed by atoms with Gasteiger partial charge in [0.25, 0.3) is 0 Å². The minimum atomic E-state index is -0.428. The van der Waals surface area contributed by atoms with Crippen LogP contribution in [0.2, 0.25) is 0 Å². The van der Waals surface area contributed by atoms with Crippen LogP contribution in [0.15, 0.2) is 66.4 Å². The highest BCUT2D eigenvalue weighted by molar-refractivity contribution is 6.15. The van der Waals surface area contributed by atoms with Gasteiger partial charge < -0.3 is 28.4 Å². The van der Waals surface area contributed by atoms with Gasteiger partial charge >= 0.3 is 5.97 Å². The maximum atomic E-state index is 13.4. The zero-order chi connectivity index (χ0) is 27.7. The van der Waals surface area contributed by atoms with Crippen molar-refractivity contribution in [2.75, 3.05) is 27.9 Å². The summed E-state index contributed by atoms with van der Waals surface area (Å²) in [5.74, 6) is 2.01. The lowest BCUT2D eigenvalue weighted by Crippen LogP contribution is -2.21. The number of rotatable bonds is 8. The number of fused-ring (bicyclic) bond motifs is 3. The zero-order valence-electron chi connectivity index (χ0n) is 22.2. The molecule has 2 heterocycles. The van der Waals surface area contributed by atoms with Crippen LogP contribution in [0.4, 0.5) is 0 Å². The van der Waals surface area contributed by atoms with E-state index in [0.717, 1.165) is 11.1 Å². The van der Waals surface area contributed by atoms with Crippen LogP contribution in [0.25, 0.3) is 6.08 Å². The first-order chi connectivity index (χ1) is 18.8. The van der Waals surface area contributed by atoms with E-state index >= 15 is 0 Å². The Morgan fingerprint density at radius 2 is 1.64 bits per heavy atom. The number of hydrogen-bond donors (Lipinski definition) is 0. The van der Waals surface area contributed by atoms with Crippen LogP contribution in [-0.2, 0) is 4.79 Å². The number of methoxy groups -OCH3 is 3. The van der Waals surface area contributed by atoms with Crippen LogP contribution in [0.5, 0.6) is 34.5 Å². The predicted molar refractivity (Wildman–Crippen MR) is 144 cm³/mol. The van der Waals surface area contributed by atoms with E-state index in [9.17, 15) is 9.59 Å². The van der Waals surface area contributed by atoms with Crippen molar-refractivity contribution in [2.24, 2.45) is 0 Å². The van der Waals surface area contributed by atoms with Crippen LogP contribution < -0.4 is 28.4 Å². The molecule has 0 fully saturated rings. The van der Waals surface area contributed by atoms with Gasteiger partial charge in [-0.1, -0.05) is 18.7 Å². The molecule has 0 spiro atoms. The first-order valence-corrected chi connectivity index (χ1v) is 12.3. The molecule has 8 nitrogen and oxygen atoms in total. The topological polar surface area (TPSA) is 89.5 Å². The van der Waals surface area contributed by atoms with Gasteiger partial charge in [-0.15, -0.1) is 0 Å². The fraction of sp³-hybridized carbons (Fsp3) is 0.226. The normalized spacial score (nSPS) is 16.6. The Balaban J connectivity index is 1.55. The number of carbonyl (C=O) groups excluding carboxylic acids is 2. The van der Waals surface area contributed by atoms with Crippen molar-refractivity contribution in [3.63, 3.8) is 0 Å². The highest BCUT2D eigenvalue weighted by Crippen LogP contribution is 2.50. The predicted octanol–water partition coefficient (Wildman–Crippen LogP) is 5.72. The van der Waals surface area contributed by atoms with Crippen molar-refractivity contribution in [3.05, 3.63) is 88.7 Å². The summed E-state index contributed by atoms with van der Waals surface area (Å²) in [5.41, 5.74) is 3.39. The van der Waals surface area contributed by atoms with Crippen LogP contribution in [-0.4, -0.2) is 39.7 Å². The summed E-state index contributed by atoms with van der Waals surface area (Å²) in [5, 5.41) is 0. The summed E-state index contributed by atoms with van der Waals surface area (Å²) >= 11 is 0. The summed E-state index contributed by atoms with van der Waals surface area (Å²) in [6.07, 6.45) is 1.72. The van der Waals surface area contributed by atoms with Gasteiger partial charge in [-0.25, -0.2) is 0 Å². The van der Waals surface area contributed by atoms with E-state index in [0.29, 0.717) is 57.8 Å². The summed E-state index contributed by atoms with van der Waals surface area (Å²) in [6.45, 7) is 6.07. The zero-order valence-corrected chi connectivity index (χ0v) is 22.2. The lowest BCUT2D eigenvalue weighted by atomic mass is 9.84. The first kappa shape index (κ1) is 25.9. The number of benzene rings is 3. The summed E-state index contributed by atoms with van der Waals surface area (Å²) in [4.78, 5) is 25.9. The molecule has 8 heteroatoms. The van der Waals surface area contributed by atoms with E-state index in [1.807, 2.05) is 19.1 Å². The molecule has 2 aliphatic rings. The summed E-state index contributed by atoms with van der Waals surface area (Å²) in [6, 6.07) is 14.1. The minimum absolute atomic E-state index is 0.0714. The van der Waals surface area contributed by atoms with Crippen molar-refractivity contribution in [1.29, 1.82) is 0 Å². The number of hydrogen-bond acceptors (Lipinski definition) is 8. The molecular weight excluding hydrogens is 500 g/mol. The van der Waals surface area contributed by atoms with Crippen molar-refractivity contribution < 1.29 is 38.0 Å². The Morgan fingerprint density at radius 3 is 2.36 bits per heavy atom. The molecule has 0 saturated carbocycles. The molecule has 0 amide bonds. The molecule has 0 saturated heterocycles. The highest BCUT2D eigenvalue weighted by atomic mass is 16.5. The third-order valence-corrected chi connectivity index (χ3v) is 6.55. The summed E-state index contributed by atoms with van der Waals surface area (Å²) in [7, 11) is 4.67. The highest BCUT2D eigenvalue weighted by Gasteiger charge is 2.38. The quantitative estimate of drug-likeness (QED) is 0.159. The number of allylic oxidation sites excluding steroid dienone is 1. The van der Waals surface area contributed by atoms with Gasteiger partial charge in [0.15, 0.2) is 28.8 Å². The summed E-state index contributed by atoms with van der Waals surface area (Å²) < 4.78 is 33.8. The molecule has 5 rings (SSSR count). The molecular formula is C31H28O8. The van der Waals surface area contributed by atoms with E-state index in [-0.39, 0.29) is 23.9 Å². The minimum Gasteiger partial charge on any atom is -0.493 e. The van der Waals surface area contributed by atoms with Crippen LogP contribution in [0.1, 0.15) is 46.3 Å². The Morgan fingerprint density at radius 1 is 0.923 bits per heavy atom. The molecule has 3 aromatic carbocycles. The van der Waals surface area contributed by atoms with Gasteiger partial charge in [-0.2, -0.15) is 0 Å². The maximum absolute atomic E-state index is 13.4. The Bertz CT molecular complexity index is 1520. The molecule has 0 N–H and O–H groups in total. The van der Waals surface area contributed by atoms with Crippen LogP contribution in [0.3, 0.4) is 0 Å². The van der Waals surface area contributed by atoms with E-state index in [1.54, 1.807) is 63.8 Å². The van der Waals surface area contributed by atoms with Gasteiger partial charge in [0.2, 0.25) is 5.78 Å². The number of ether oxygens (including phenoxy) is 6. The number of ketones is 1. The average Bonchev–Trinajstić information content (AvgIpc) is 3.25. The Hall–Kier alpha value is -4.72. The van der Waals surface area contributed by atoms with Crippen molar-refractivity contribution >= 4 is 17.8 Å². The average molecular weight is 529 g/mol. The molecule has 1 atom stereocenters. The fourth-order valence-corrected chi connectivity index (χ4v) is 4.71. The lowest BCUT2D eigenvalue weighted by Gasteiger charge is -2.27. The second kappa shape index (κ2) is 10.6. The van der Waals surface area contributed by atoms with Gasteiger partial charge in [0.05, 0.1) is 33.3 Å². The second-order valence-corrected chi connectivity index (χ2v) is 9.30. The van der Waals surface area contributed by atoms with Crippen molar-refractivity contribution in [1.82, 2.24) is 0 Å². The van der Waals surface area contributed by atoms with Gasteiger partial charge in [-0.3, -0.25) is 9.59 Å². The third-order valence-electron chi connectivity index (χ3n) is 6.55. The fourth-order valence-electron chi connectivity index (χ4n) is 4.71. The largest absolute Gasteiger partial charge is 0.493 e. The number of Topliss-reactive ketones (excluding diaryl/α,β-unsaturated/α-hetero) is 1. The van der Waals surface area contributed by atoms with Crippen LogP contribution in [0, 0.1) is 0 Å². The molecule has 2 aliphatic heterocycles. The molecule has 200 valence electrons. The Labute approximate surface area is 226 Å². The molecule has 1 unspecified atom stereocenters. The number of esters is 1. The molecule has 3 aromatic rings. The monoisotopic (exact) mass is 528 g/mol. The van der Waals surface area contributed by atoms with Gasteiger partial charge in [0, 0.05) is 11.5 Å². The van der Waals surface area contributed by atoms with E-state index in [1.165, 1.54) is 0 Å². The van der Waals surface area contributed by atoms with E-state index in [4.69, 9.17) is 28.4 Å². The van der Waals surface area contributed by atoms with Crippen molar-refractivity contribution in [2.45, 2.75) is 19.3 Å². The van der Waals surface area contributed by atoms with Gasteiger partial charge in [0.1, 0.15) is 18.1 Å². The molecule has 0 aromatic heterocycles. The molecule has 0 aliphatic carbocycles. The maximum Gasteiger partial charge on any atom is 0.312 e. The third kappa shape index (κ3) is 4.93. The Kier molecular flexibility index (Phi) is 7.02. The molecule has 39 heavy (non-hydrogen) atoms. The van der Waals surface area contributed by atoms with Gasteiger partial charge in [-0.05, 0) is 66.1 Å². The second-order valence-electron chi connectivity index (χ2n) is 9.30. The first-order valence-electron chi connectivity index (χ1n) is 12.3. The molecule has 0 radical (unpaired) electrons. The smallest absolute Gasteiger partial charge is 0.312 e. The number of carbonyl (C=O) groups is 2.